The first-order valence-electron chi connectivity index (χ1n) is 12.3. The molecule has 234 valence electrons. The molecule has 1 heterocycles. The first-order valence-corrected chi connectivity index (χ1v) is 12.3. The molecule has 0 aliphatic carbocycles. The second-order valence-electron chi connectivity index (χ2n) is 8.76. The second kappa shape index (κ2) is 22.3. The Morgan fingerprint density at radius 3 is 2.22 bits per heavy atom. The molecule has 16 nitrogen and oxygen atoms in total. The van der Waals surface area contributed by atoms with Gasteiger partial charge in [0.05, 0.1) is 38.3 Å². The zero-order valence-corrected chi connectivity index (χ0v) is 24.1. The van der Waals surface area contributed by atoms with Crippen molar-refractivity contribution in [1.29, 1.82) is 0 Å². The second-order valence-corrected chi connectivity index (χ2v) is 8.76. The number of aromatic nitrogens is 2. The van der Waals surface area contributed by atoms with E-state index in [4.69, 9.17) is 15.9 Å². The molecule has 1 aromatic rings. The van der Waals surface area contributed by atoms with E-state index in [1.807, 2.05) is 0 Å². The zero-order valence-electron chi connectivity index (χ0n) is 23.2. The molecule has 1 rings (SSSR count). The molecule has 0 unspecified atom stereocenters. The van der Waals surface area contributed by atoms with Crippen LogP contribution in [-0.4, -0.2) is 111 Å². The Bertz CT molecular complexity index is 947. The number of aliphatic carboxylic acids is 3. The Morgan fingerprint density at radius 1 is 1.15 bits per heavy atom. The number of rotatable bonds is 19. The van der Waals surface area contributed by atoms with Crippen molar-refractivity contribution in [1.82, 2.24) is 25.5 Å². The van der Waals surface area contributed by atoms with Gasteiger partial charge in [0.1, 0.15) is 12.6 Å². The summed E-state index contributed by atoms with van der Waals surface area (Å²) in [5.74, 6) is -4.52. The van der Waals surface area contributed by atoms with Gasteiger partial charge in [0, 0.05) is 18.3 Å². The van der Waals surface area contributed by atoms with Gasteiger partial charge in [0.2, 0.25) is 11.8 Å². The van der Waals surface area contributed by atoms with Gasteiger partial charge in [-0.3, -0.25) is 28.9 Å². The molecule has 3 atom stereocenters. The van der Waals surface area contributed by atoms with Gasteiger partial charge in [-0.25, -0.2) is 14.8 Å². The summed E-state index contributed by atoms with van der Waals surface area (Å²) in [7, 11) is 1.40. The Kier molecular flexibility index (Phi) is 21.7. The maximum absolute atomic E-state index is 11.6. The van der Waals surface area contributed by atoms with Crippen LogP contribution in [0.25, 0.3) is 5.73 Å². The number of carbonyl (C=O) groups is 5. The van der Waals surface area contributed by atoms with Crippen molar-refractivity contribution in [3.05, 3.63) is 36.1 Å². The van der Waals surface area contributed by atoms with Crippen LogP contribution in [0, 0.1) is 0 Å². The minimum atomic E-state index is -1.30. The minimum absolute atomic E-state index is 0. The van der Waals surface area contributed by atoms with Gasteiger partial charge in [-0.1, -0.05) is 12.6 Å². The molecule has 41 heavy (non-hydrogen) atoms. The number of imidazole rings is 1. The fourth-order valence-corrected chi connectivity index (χ4v) is 3.16. The number of aromatic amines is 1. The zero-order chi connectivity index (χ0) is 30.7. The number of hydrogen-bond donors (Lipinski definition) is 6. The number of nitrogens with one attached hydrogen (secondary N) is 4. The van der Waals surface area contributed by atoms with Gasteiger partial charge in [-0.15, -0.1) is 0 Å². The third kappa shape index (κ3) is 19.4. The molecule has 0 aliphatic heterocycles. The molecule has 0 spiro atoms. The number of hydrogen-bond acceptors (Lipinski definition) is 9. The molecule has 0 bridgehead atoms. The van der Waals surface area contributed by atoms with E-state index in [1.165, 1.54) is 13.4 Å². The van der Waals surface area contributed by atoms with E-state index in [1.54, 1.807) is 20.0 Å². The van der Waals surface area contributed by atoms with Crippen molar-refractivity contribution in [2.24, 2.45) is 0 Å². The molecular formula is C24H39N6NiO10+. The normalized spacial score (nSPS) is 12.5. The average molecular weight is 630 g/mol. The van der Waals surface area contributed by atoms with Crippen LogP contribution < -0.4 is 10.6 Å². The quantitative estimate of drug-likeness (QED) is 0.0396. The maximum Gasteiger partial charge on any atom is 2.00 e. The molecule has 0 saturated heterocycles. The van der Waals surface area contributed by atoms with Crippen LogP contribution in [0.2, 0.25) is 0 Å². The first kappa shape index (κ1) is 39.8. The molecule has 0 aromatic carbocycles. The largest absolute Gasteiger partial charge is 2.00 e. The number of nitrogens with zero attached hydrogens (tertiary/aromatic N) is 2. The molecule has 0 saturated carbocycles. The summed E-state index contributed by atoms with van der Waals surface area (Å²) < 4.78 is 0. The van der Waals surface area contributed by atoms with Crippen LogP contribution in [0.5, 0.6) is 0 Å². The summed E-state index contributed by atoms with van der Waals surface area (Å²) in [5, 5.41) is 32.0. The monoisotopic (exact) mass is 629 g/mol. The van der Waals surface area contributed by atoms with Crippen LogP contribution in [0.4, 0.5) is 0 Å². The van der Waals surface area contributed by atoms with Crippen LogP contribution in [-0.2, 0) is 56.7 Å². The standard InChI is InChI=1S/C14H22N2O7.C10H17N4O3.Ni/c1-9(2)13(21)15-6-4-3-5-10(14(22)23)16(7-11(17)18)8-12(19)20;1-7(5-17-16-2)14-10(15)9(11)3-8-4-12-6-13-8;/h10H,1,3-8H2,2H3,(H,15,21)(H,17,18)(H,19,20)(H,22,23);4,6-7,9,11H,3,5H2,1-2H3,(H,12,13)(H,14,15);/q;-1;+2/t10-;7-,9-;/m00./s1. The Labute approximate surface area is 247 Å². The van der Waals surface area contributed by atoms with E-state index in [-0.39, 0.29) is 53.8 Å². The van der Waals surface area contributed by atoms with Gasteiger partial charge in [-0.2, -0.15) is 0 Å². The van der Waals surface area contributed by atoms with E-state index in [9.17, 15) is 29.1 Å². The predicted molar refractivity (Wildman–Crippen MR) is 141 cm³/mol. The van der Waals surface area contributed by atoms with Crippen LogP contribution in [0.1, 0.15) is 38.8 Å². The summed E-state index contributed by atoms with van der Waals surface area (Å²) in [6.07, 6.45) is 4.44. The predicted octanol–water partition coefficient (Wildman–Crippen LogP) is 0.227. The molecule has 0 radical (unpaired) electrons. The maximum atomic E-state index is 11.6. The summed E-state index contributed by atoms with van der Waals surface area (Å²) in [6, 6.07) is -2.28. The van der Waals surface area contributed by atoms with Gasteiger partial charge in [0.15, 0.2) is 0 Å². The third-order valence-corrected chi connectivity index (χ3v) is 5.09. The van der Waals surface area contributed by atoms with Crippen LogP contribution in [0.15, 0.2) is 24.7 Å². The fraction of sp³-hybridized carbons (Fsp3) is 0.583. The van der Waals surface area contributed by atoms with E-state index in [0.29, 0.717) is 30.7 Å². The fourth-order valence-electron chi connectivity index (χ4n) is 3.16. The Hall–Kier alpha value is -3.37. The van der Waals surface area contributed by atoms with Crippen molar-refractivity contribution in [3.63, 3.8) is 0 Å². The van der Waals surface area contributed by atoms with Crippen LogP contribution in [0.3, 0.4) is 0 Å². The minimum Gasteiger partial charge on any atom is -0.667 e. The average Bonchev–Trinajstić information content (AvgIpc) is 3.36. The Morgan fingerprint density at radius 2 is 1.76 bits per heavy atom. The molecule has 2 amide bonds. The van der Waals surface area contributed by atoms with Crippen molar-refractivity contribution in [3.8, 4) is 0 Å². The summed E-state index contributed by atoms with van der Waals surface area (Å²) >= 11 is 0. The SMILES string of the molecule is C=C(C)C(=O)NCCCC[C@@H](C(=O)O)N(CC(=O)O)CC(=O)O.COOC[C@H](C)NC(=O)[C@@H]([NH-])Cc1c[nH]cn1.[Ni+2]. The smallest absolute Gasteiger partial charge is 0.667 e. The molecule has 0 aliphatic rings. The molecule has 17 heteroatoms. The number of unbranched alkanes of at least 4 members (excludes halogenated alkanes) is 1. The number of carboxylic acids is 3. The van der Waals surface area contributed by atoms with Crippen LogP contribution >= 0.6 is 0 Å². The molecular weight excluding hydrogens is 591 g/mol. The van der Waals surface area contributed by atoms with Gasteiger partial charge < -0.3 is 36.7 Å². The molecule has 7 N–H and O–H groups in total. The van der Waals surface area contributed by atoms with Crippen molar-refractivity contribution < 1.29 is 65.6 Å². The van der Waals surface area contributed by atoms with E-state index >= 15 is 0 Å². The Balaban J connectivity index is 0. The van der Waals surface area contributed by atoms with E-state index in [2.05, 4.69) is 37.0 Å². The number of carboxylic acid groups (broad SMARTS) is 3. The van der Waals surface area contributed by atoms with Gasteiger partial charge >= 0.3 is 34.4 Å². The third-order valence-electron chi connectivity index (χ3n) is 5.09. The van der Waals surface area contributed by atoms with E-state index < -0.39 is 43.1 Å². The number of carbonyl (C=O) groups excluding carboxylic acids is 2. The summed E-state index contributed by atoms with van der Waals surface area (Å²) in [6.45, 7) is 6.05. The van der Waals surface area contributed by atoms with Crippen molar-refractivity contribution >= 4 is 29.7 Å². The number of amides is 2. The van der Waals surface area contributed by atoms with Crippen molar-refractivity contribution in [2.45, 2.75) is 57.7 Å². The topological polar surface area (TPSA) is 244 Å². The van der Waals surface area contributed by atoms with Crippen molar-refractivity contribution in [2.75, 3.05) is 33.4 Å². The van der Waals surface area contributed by atoms with Gasteiger partial charge in [0.25, 0.3) is 0 Å². The van der Waals surface area contributed by atoms with E-state index in [0.717, 1.165) is 4.90 Å². The summed E-state index contributed by atoms with van der Waals surface area (Å²) in [4.78, 5) is 72.4. The van der Waals surface area contributed by atoms with Gasteiger partial charge in [-0.05, 0) is 39.5 Å². The number of H-pyrrole nitrogens is 1. The molecule has 1 aromatic heterocycles. The summed E-state index contributed by atoms with van der Waals surface area (Å²) in [5.41, 5.74) is 8.75. The first-order chi connectivity index (χ1) is 18.8. The molecule has 0 fully saturated rings.